The van der Waals surface area contributed by atoms with Gasteiger partial charge < -0.3 is 10.0 Å². The van der Waals surface area contributed by atoms with Crippen molar-refractivity contribution in [3.05, 3.63) is 62.3 Å². The number of ketones is 1. The number of fused-ring (bicyclic) bond motifs is 3. The molecule has 9 heteroatoms. The number of nitrogens with zero attached hydrogens (tertiary/aromatic N) is 3. The van der Waals surface area contributed by atoms with Crippen molar-refractivity contribution in [2.45, 2.75) is 45.2 Å². The topological polar surface area (TPSA) is 82.9 Å². The second-order valence-electron chi connectivity index (χ2n) is 7.82. The molecule has 1 aromatic heterocycles. The maximum atomic E-state index is 13.3. The highest BCUT2D eigenvalue weighted by atomic mass is 35.5. The van der Waals surface area contributed by atoms with E-state index in [9.17, 15) is 23.9 Å². The number of aryl methyl sites for hydroxylation is 1. The molecule has 1 N–H and O–H groups in total. The van der Waals surface area contributed by atoms with E-state index in [2.05, 4.69) is 0 Å². The number of carbonyl (C=O) groups is 2. The minimum atomic E-state index is -0.853. The van der Waals surface area contributed by atoms with Crippen LogP contribution in [0.1, 0.15) is 59.0 Å². The number of benzene rings is 1. The molecule has 1 fully saturated rings. The van der Waals surface area contributed by atoms with E-state index in [-0.39, 0.29) is 35.3 Å². The summed E-state index contributed by atoms with van der Waals surface area (Å²) < 4.78 is 14.8. The predicted molar refractivity (Wildman–Crippen MR) is 114 cm³/mol. The number of amides is 1. The molecule has 1 atom stereocenters. The first-order chi connectivity index (χ1) is 14.8. The summed E-state index contributed by atoms with van der Waals surface area (Å²) in [4.78, 5) is 40.2. The largest absolute Gasteiger partial charge is 0.502 e. The number of piperidine rings is 1. The molecule has 2 aliphatic heterocycles. The third-order valence-electron chi connectivity index (χ3n) is 5.97. The summed E-state index contributed by atoms with van der Waals surface area (Å²) >= 11 is 5.79. The maximum Gasteiger partial charge on any atom is 0.278 e. The molecular formula is C22H23ClFN3O4. The zero-order chi connectivity index (χ0) is 22.3. The van der Waals surface area contributed by atoms with E-state index in [4.69, 9.17) is 11.6 Å². The highest BCUT2D eigenvalue weighted by Gasteiger charge is 2.40. The molecule has 1 aromatic carbocycles. The number of hydrogen-bond acceptors (Lipinski definition) is 5. The van der Waals surface area contributed by atoms with E-state index in [1.54, 1.807) is 4.90 Å². The molecule has 0 radical (unpaired) electrons. The first kappa shape index (κ1) is 21.4. The van der Waals surface area contributed by atoms with Gasteiger partial charge in [-0.25, -0.2) is 4.39 Å². The fraction of sp³-hybridized carbons (Fsp3) is 0.409. The monoisotopic (exact) mass is 447 g/mol. The number of carbonyl (C=O) groups excluding carboxylic acids is 2. The lowest BCUT2D eigenvalue weighted by Gasteiger charge is -2.48. The molecule has 1 amide bonds. The fourth-order valence-electron chi connectivity index (χ4n) is 4.37. The Kier molecular flexibility index (Phi) is 5.75. The zero-order valence-corrected chi connectivity index (χ0v) is 17.9. The van der Waals surface area contributed by atoms with Gasteiger partial charge in [0.1, 0.15) is 12.0 Å². The lowest BCUT2D eigenvalue weighted by atomic mass is 10.0. The number of aromatic hydroxyl groups is 1. The minimum Gasteiger partial charge on any atom is -0.502 e. The van der Waals surface area contributed by atoms with Crippen LogP contribution in [-0.2, 0) is 6.42 Å². The molecule has 7 nitrogen and oxygen atoms in total. The second-order valence-corrected chi connectivity index (χ2v) is 8.22. The quantitative estimate of drug-likeness (QED) is 0.712. The number of halogens is 2. The molecule has 0 saturated carbocycles. The summed E-state index contributed by atoms with van der Waals surface area (Å²) in [6.45, 7) is 2.95. The number of rotatable bonds is 5. The summed E-state index contributed by atoms with van der Waals surface area (Å²) in [5.41, 5.74) is -0.469. The van der Waals surface area contributed by atoms with Crippen molar-refractivity contribution in [2.75, 3.05) is 18.1 Å². The molecule has 0 bridgehead atoms. The molecule has 2 aliphatic rings. The maximum absolute atomic E-state index is 13.3. The van der Waals surface area contributed by atoms with Crippen molar-refractivity contribution in [3.8, 4) is 5.75 Å². The number of Topliss-reactive ketones (excluding diaryl/α,β-unsaturated/α-hetero) is 1. The van der Waals surface area contributed by atoms with Gasteiger partial charge in [-0.1, -0.05) is 17.7 Å². The molecule has 0 aliphatic carbocycles. The summed E-state index contributed by atoms with van der Waals surface area (Å²) in [5, 5.41) is 12.5. The first-order valence-corrected chi connectivity index (χ1v) is 10.7. The van der Waals surface area contributed by atoms with Crippen molar-refractivity contribution in [3.63, 3.8) is 0 Å². The lowest BCUT2D eigenvalue weighted by molar-refractivity contribution is 0.0534. The molecular weight excluding hydrogens is 425 g/mol. The van der Waals surface area contributed by atoms with Crippen LogP contribution in [0.4, 0.5) is 4.39 Å². The van der Waals surface area contributed by atoms with Crippen LogP contribution in [0, 0.1) is 5.82 Å². The Bertz CT molecular complexity index is 1120. The lowest BCUT2D eigenvalue weighted by Crippen LogP contribution is -2.63. The van der Waals surface area contributed by atoms with Crippen molar-refractivity contribution in [1.29, 1.82) is 0 Å². The van der Waals surface area contributed by atoms with Gasteiger partial charge in [-0.3, -0.25) is 24.1 Å². The number of aromatic nitrogens is 1. The summed E-state index contributed by atoms with van der Waals surface area (Å²) in [6, 6.07) is 4.20. The Hall–Kier alpha value is -2.87. The van der Waals surface area contributed by atoms with Crippen molar-refractivity contribution >= 4 is 23.3 Å². The van der Waals surface area contributed by atoms with Crippen molar-refractivity contribution < 1.29 is 19.1 Å². The van der Waals surface area contributed by atoms with E-state index in [0.29, 0.717) is 18.7 Å². The zero-order valence-electron chi connectivity index (χ0n) is 17.1. The minimum absolute atomic E-state index is 0.0194. The fourth-order valence-corrected chi connectivity index (χ4v) is 4.57. The normalized spacial score (nSPS) is 18.0. The highest BCUT2D eigenvalue weighted by molar-refractivity contribution is 6.30. The van der Waals surface area contributed by atoms with Crippen LogP contribution in [0.2, 0.25) is 5.02 Å². The Morgan fingerprint density at radius 3 is 2.77 bits per heavy atom. The van der Waals surface area contributed by atoms with E-state index >= 15 is 0 Å². The van der Waals surface area contributed by atoms with E-state index < -0.39 is 28.7 Å². The second kappa shape index (κ2) is 8.34. The average Bonchev–Trinajstić information content (AvgIpc) is 2.76. The Balaban J connectivity index is 1.68. The van der Waals surface area contributed by atoms with Crippen LogP contribution < -0.4 is 10.4 Å². The number of hydrogen-bond donors (Lipinski definition) is 1. The summed E-state index contributed by atoms with van der Waals surface area (Å²) in [6.07, 6.45) is 4.09. The van der Waals surface area contributed by atoms with Gasteiger partial charge in [0.05, 0.1) is 10.6 Å². The van der Waals surface area contributed by atoms with Crippen LogP contribution in [-0.4, -0.2) is 45.6 Å². The summed E-state index contributed by atoms with van der Waals surface area (Å²) in [5.74, 6) is -2.13. The van der Waals surface area contributed by atoms with Crippen LogP contribution in [0.15, 0.2) is 29.2 Å². The highest BCUT2D eigenvalue weighted by Crippen LogP contribution is 2.29. The van der Waals surface area contributed by atoms with Gasteiger partial charge in [-0.05, 0) is 50.3 Å². The van der Waals surface area contributed by atoms with Crippen LogP contribution in [0.25, 0.3) is 0 Å². The third kappa shape index (κ3) is 3.69. The van der Waals surface area contributed by atoms with Crippen LogP contribution in [0.5, 0.6) is 5.75 Å². The smallest absolute Gasteiger partial charge is 0.278 e. The predicted octanol–water partition coefficient (Wildman–Crippen LogP) is 3.09. The Labute approximate surface area is 183 Å². The van der Waals surface area contributed by atoms with Crippen molar-refractivity contribution in [1.82, 2.24) is 9.58 Å². The van der Waals surface area contributed by atoms with Gasteiger partial charge in [-0.2, -0.15) is 0 Å². The Morgan fingerprint density at radius 2 is 2.06 bits per heavy atom. The number of pyridine rings is 1. The van der Waals surface area contributed by atoms with Crippen LogP contribution in [0.3, 0.4) is 0 Å². The first-order valence-electron chi connectivity index (χ1n) is 10.4. The van der Waals surface area contributed by atoms with Gasteiger partial charge in [0.2, 0.25) is 5.43 Å². The van der Waals surface area contributed by atoms with E-state index in [1.807, 2.05) is 11.9 Å². The van der Waals surface area contributed by atoms with Gasteiger partial charge in [-0.15, -0.1) is 0 Å². The van der Waals surface area contributed by atoms with Gasteiger partial charge in [0.15, 0.2) is 17.2 Å². The molecule has 1 saturated heterocycles. The molecule has 2 aromatic rings. The third-order valence-corrected chi connectivity index (χ3v) is 6.26. The molecule has 0 unspecified atom stereocenters. The average molecular weight is 448 g/mol. The summed E-state index contributed by atoms with van der Waals surface area (Å²) in [7, 11) is 0. The molecule has 3 heterocycles. The van der Waals surface area contributed by atoms with E-state index in [1.165, 1.54) is 29.1 Å². The van der Waals surface area contributed by atoms with E-state index in [0.717, 1.165) is 19.3 Å². The van der Waals surface area contributed by atoms with Gasteiger partial charge in [0, 0.05) is 25.7 Å². The molecule has 4 rings (SSSR count). The molecule has 0 spiro atoms. The Morgan fingerprint density at radius 1 is 1.29 bits per heavy atom. The van der Waals surface area contributed by atoms with Crippen molar-refractivity contribution in [2.24, 2.45) is 0 Å². The molecule has 31 heavy (non-hydrogen) atoms. The standard InChI is InChI=1S/C22H23ClFN3O4/c1-2-25-18-5-3-4-10-26(18)27-12-14(20(29)21(30)19(27)22(25)31)17(28)9-7-13-6-8-16(24)15(23)11-13/h6,8,11-12,18,30H,2-5,7,9-10H2,1H3/t18-/m0/s1. The van der Waals surface area contributed by atoms with Gasteiger partial charge in [0.25, 0.3) is 5.91 Å². The SMILES string of the molecule is CCN1C(=O)c2c(O)c(=O)c(C(=O)CCc3ccc(F)c(Cl)c3)cn2N2CCCC[C@@H]12. The van der Waals surface area contributed by atoms with Gasteiger partial charge >= 0.3 is 0 Å². The molecule has 164 valence electrons. The van der Waals surface area contributed by atoms with Crippen LogP contribution >= 0.6 is 11.6 Å².